The van der Waals surface area contributed by atoms with Gasteiger partial charge in [0.05, 0.1) is 6.67 Å². The van der Waals surface area contributed by atoms with Crippen LogP contribution in [0.2, 0.25) is 0 Å². The van der Waals surface area contributed by atoms with Gasteiger partial charge in [0.1, 0.15) is 0 Å². The minimum atomic E-state index is 0.508. The molecule has 0 spiro atoms. The van der Waals surface area contributed by atoms with Crippen molar-refractivity contribution >= 4 is 6.21 Å². The van der Waals surface area contributed by atoms with Crippen molar-refractivity contribution in [3.8, 4) is 0 Å². The number of rotatable bonds is 7. The maximum absolute atomic E-state index is 4.17. The Labute approximate surface area is 450 Å². The predicted molar refractivity (Wildman–Crippen MR) is 332 cm³/mol. The Balaban J connectivity index is -0.000000127. The Bertz CT molecular complexity index is 838. The van der Waals surface area contributed by atoms with E-state index < -0.39 is 0 Å². The number of nitrogens with one attached hydrogen (secondary N) is 1. The molecule has 3 aliphatic heterocycles. The highest BCUT2D eigenvalue weighted by Gasteiger charge is 2.24. The molecule has 4 saturated carbocycles. The smallest absolute Gasteiger partial charge is 0.0860 e. The summed E-state index contributed by atoms with van der Waals surface area (Å²) in [6.07, 6.45) is 29.9. The first kappa shape index (κ1) is 83.3. The largest absolute Gasteiger partial charge is 0.301 e. The summed E-state index contributed by atoms with van der Waals surface area (Å²) in [5.41, 5.74) is 0. The number of hydrogen-bond donors (Lipinski definition) is 1. The number of hydrazone groups is 1. The first-order valence-corrected chi connectivity index (χ1v) is 32.1. The summed E-state index contributed by atoms with van der Waals surface area (Å²) in [7, 11) is 0. The van der Waals surface area contributed by atoms with Crippen LogP contribution in [0.15, 0.2) is 5.10 Å². The molecule has 5 nitrogen and oxygen atoms in total. The van der Waals surface area contributed by atoms with E-state index in [0.29, 0.717) is 6.04 Å². The van der Waals surface area contributed by atoms with Gasteiger partial charge in [0.15, 0.2) is 0 Å². The van der Waals surface area contributed by atoms with Gasteiger partial charge >= 0.3 is 0 Å². The van der Waals surface area contributed by atoms with Gasteiger partial charge in [0, 0.05) is 30.9 Å². The molecule has 0 aromatic heterocycles. The lowest BCUT2D eigenvalue weighted by Gasteiger charge is -2.29. The third-order valence-corrected chi connectivity index (χ3v) is 13.9. The fourth-order valence-corrected chi connectivity index (χ4v) is 8.73. The molecule has 3 heterocycles. The zero-order chi connectivity index (χ0) is 55.9. The normalized spacial score (nSPS) is 18.4. The third kappa shape index (κ3) is 53.6. The van der Waals surface area contributed by atoms with Gasteiger partial charge in [-0.05, 0) is 154 Å². The highest BCUT2D eigenvalue weighted by Crippen LogP contribution is 2.36. The van der Waals surface area contributed by atoms with Crippen LogP contribution in [0.1, 0.15) is 316 Å². The first-order chi connectivity index (χ1) is 33.6. The first-order valence-electron chi connectivity index (χ1n) is 32.1. The molecule has 7 aliphatic rings. The Kier molecular flexibility index (Phi) is 76.7. The van der Waals surface area contributed by atoms with E-state index in [1.54, 1.807) is 0 Å². The fourth-order valence-electron chi connectivity index (χ4n) is 8.73. The Morgan fingerprint density at radius 2 is 0.586 bits per heavy atom. The summed E-state index contributed by atoms with van der Waals surface area (Å²) in [5.74, 6) is 8.10. The molecule has 0 aromatic carbocycles. The highest BCUT2D eigenvalue weighted by molar-refractivity contribution is 5.59. The van der Waals surface area contributed by atoms with Crippen LogP contribution in [0.3, 0.4) is 0 Å². The van der Waals surface area contributed by atoms with Crippen LogP contribution in [0.25, 0.3) is 0 Å². The second-order valence-corrected chi connectivity index (χ2v) is 20.9. The van der Waals surface area contributed by atoms with Gasteiger partial charge in [-0.2, -0.15) is 5.10 Å². The van der Waals surface area contributed by atoms with E-state index in [0.717, 1.165) is 72.6 Å². The highest BCUT2D eigenvalue weighted by atomic mass is 15.5. The van der Waals surface area contributed by atoms with Gasteiger partial charge in [0.25, 0.3) is 0 Å². The SMILES string of the molecule is CC.CC.CC.CC.CC.CC.CC.CC(C)C1CC1.CC(C)C1CCC1.CC(C)C1CCCC1.CC(C)C1CCCCC1.CC(C)N1CCCC1.CC(C)N1CCCCC1.CC(C)N1CNCC=N1. The van der Waals surface area contributed by atoms with Gasteiger partial charge in [-0.3, -0.25) is 10.3 Å². The molecule has 0 atom stereocenters. The van der Waals surface area contributed by atoms with Crippen LogP contribution in [0.4, 0.5) is 0 Å². The topological polar surface area (TPSA) is 34.1 Å². The lowest BCUT2D eigenvalue weighted by atomic mass is 9.78. The molecular weight excluding hydrogens is 851 g/mol. The summed E-state index contributed by atoms with van der Waals surface area (Å²) < 4.78 is 0. The van der Waals surface area contributed by atoms with Crippen LogP contribution < -0.4 is 5.32 Å². The number of likely N-dealkylation sites (tertiary alicyclic amines) is 2. The second kappa shape index (κ2) is 64.5. The minimum absolute atomic E-state index is 0.508. The molecule has 7 rings (SSSR count). The van der Waals surface area contributed by atoms with E-state index in [1.807, 2.05) is 108 Å². The summed E-state index contributed by atoms with van der Waals surface area (Å²) in [6.45, 7) is 67.1. The van der Waals surface area contributed by atoms with Crippen molar-refractivity contribution in [3.63, 3.8) is 0 Å². The molecule has 0 radical (unpaired) electrons. The van der Waals surface area contributed by atoms with E-state index >= 15 is 0 Å². The van der Waals surface area contributed by atoms with Crippen LogP contribution in [-0.4, -0.2) is 78.5 Å². The zero-order valence-corrected chi connectivity index (χ0v) is 54.9. The van der Waals surface area contributed by atoms with Crippen LogP contribution in [0.5, 0.6) is 0 Å². The second-order valence-electron chi connectivity index (χ2n) is 20.9. The average molecular weight is 999 g/mol. The maximum atomic E-state index is 4.17. The Morgan fingerprint density at radius 3 is 0.743 bits per heavy atom. The molecule has 2 saturated heterocycles. The van der Waals surface area contributed by atoms with Gasteiger partial charge in [-0.1, -0.05) is 236 Å². The molecule has 4 aliphatic carbocycles. The minimum Gasteiger partial charge on any atom is -0.301 e. The van der Waals surface area contributed by atoms with Gasteiger partial charge < -0.3 is 9.80 Å². The summed E-state index contributed by atoms with van der Waals surface area (Å²) in [5, 5.41) is 9.38. The van der Waals surface area contributed by atoms with E-state index in [1.165, 1.54) is 148 Å². The quantitative estimate of drug-likeness (QED) is 0.276. The van der Waals surface area contributed by atoms with E-state index in [4.69, 9.17) is 0 Å². The van der Waals surface area contributed by atoms with Crippen molar-refractivity contribution in [2.75, 3.05) is 39.4 Å². The van der Waals surface area contributed by atoms with Crippen molar-refractivity contribution in [2.24, 2.45) is 52.4 Å². The molecule has 0 aromatic rings. The van der Waals surface area contributed by atoms with Gasteiger partial charge in [0.2, 0.25) is 0 Å². The lowest BCUT2D eigenvalue weighted by Crippen LogP contribution is -2.39. The summed E-state index contributed by atoms with van der Waals surface area (Å²) >= 11 is 0. The summed E-state index contributed by atoms with van der Waals surface area (Å²) in [6, 6.07) is 2.05. The molecule has 6 fully saturated rings. The lowest BCUT2D eigenvalue weighted by molar-refractivity contribution is 0.185. The Morgan fingerprint density at radius 1 is 0.329 bits per heavy atom. The van der Waals surface area contributed by atoms with Crippen molar-refractivity contribution in [2.45, 2.75) is 334 Å². The number of hydrogen-bond acceptors (Lipinski definition) is 5. The monoisotopic (exact) mass is 998 g/mol. The molecular formula is C65H147N5. The number of piperidine rings is 1. The standard InChI is InChI=1S/C9H18.C8H17N.C8H16.C7H15N.C7H14.C6H13N3.C6H12.7C2H6/c2*1-8(2)9-6-4-3-5-7-9;2*1-7(2)8-5-3-4-6-8;1-6(2)7-4-3-5-7;1-6(2)9-5-7-3-4-8-9;1-5(2)6-3-4-6;7*1-2/h8-9H,3-7H2,1-2H3;8H,3-7H2,1-2H3;7-8H,3-6H2,1-2H3;7H,3-6H2,1-2H3;6-7H,3-5H2,1-2H3;4,6-7H,3,5H2,1-2H3;5-6H,3-4H2,1-2H3;7*1-2H3. The van der Waals surface area contributed by atoms with Crippen molar-refractivity contribution < 1.29 is 0 Å². The number of nitrogens with zero attached hydrogens (tertiary/aromatic N) is 4. The fraction of sp³-hybridized carbons (Fsp3) is 0.985. The average Bonchev–Trinajstić information content (AvgIpc) is 3.80. The van der Waals surface area contributed by atoms with Crippen molar-refractivity contribution in [3.05, 3.63) is 0 Å². The molecule has 1 N–H and O–H groups in total. The molecule has 5 heteroatoms. The molecule has 0 bridgehead atoms. The van der Waals surface area contributed by atoms with E-state index in [2.05, 4.69) is 117 Å². The van der Waals surface area contributed by atoms with Gasteiger partial charge in [-0.15, -0.1) is 0 Å². The van der Waals surface area contributed by atoms with Crippen LogP contribution in [0, 0.1) is 47.3 Å². The van der Waals surface area contributed by atoms with E-state index in [-0.39, 0.29) is 0 Å². The predicted octanol–water partition coefficient (Wildman–Crippen LogP) is 21.3. The molecule has 432 valence electrons. The molecule has 70 heavy (non-hydrogen) atoms. The molecule has 0 unspecified atom stereocenters. The van der Waals surface area contributed by atoms with Crippen LogP contribution >= 0.6 is 0 Å². The maximum Gasteiger partial charge on any atom is 0.0860 e. The van der Waals surface area contributed by atoms with Crippen molar-refractivity contribution in [1.29, 1.82) is 0 Å². The van der Waals surface area contributed by atoms with Crippen LogP contribution in [-0.2, 0) is 0 Å². The van der Waals surface area contributed by atoms with Crippen molar-refractivity contribution in [1.82, 2.24) is 20.1 Å². The summed E-state index contributed by atoms with van der Waals surface area (Å²) in [4.78, 5) is 5.09. The third-order valence-electron chi connectivity index (χ3n) is 13.9. The Hall–Kier alpha value is -0.650. The zero-order valence-electron chi connectivity index (χ0n) is 54.9. The molecule has 0 amide bonds. The van der Waals surface area contributed by atoms with Gasteiger partial charge in [-0.25, -0.2) is 0 Å². The van der Waals surface area contributed by atoms with E-state index in [9.17, 15) is 0 Å².